The van der Waals surface area contributed by atoms with Crippen molar-refractivity contribution in [1.82, 2.24) is 4.98 Å². The van der Waals surface area contributed by atoms with E-state index in [1.807, 2.05) is 0 Å². The molecule has 0 spiro atoms. The largest absolute Gasteiger partial charge is 0.496 e. The van der Waals surface area contributed by atoms with E-state index in [1.54, 1.807) is 24.3 Å². The fraction of sp³-hybridized carbons (Fsp3) is 0.154. The number of benzene rings is 1. The maximum atomic E-state index is 13.5. The summed E-state index contributed by atoms with van der Waals surface area (Å²) >= 11 is 0. The second-order valence-electron chi connectivity index (χ2n) is 3.54. The van der Waals surface area contributed by atoms with Gasteiger partial charge in [0.2, 0.25) is 0 Å². The van der Waals surface area contributed by atoms with Crippen LogP contribution in [0.1, 0.15) is 17.2 Å². The van der Waals surface area contributed by atoms with Crippen molar-refractivity contribution in [2.24, 2.45) is 0 Å². The number of halogens is 1. The van der Waals surface area contributed by atoms with Gasteiger partial charge < -0.3 is 9.84 Å². The summed E-state index contributed by atoms with van der Waals surface area (Å²) in [5, 5.41) is 10.1. The van der Waals surface area contributed by atoms with Gasteiger partial charge in [0.1, 0.15) is 17.7 Å². The number of ether oxygens (including phenoxy) is 1. The molecule has 88 valence electrons. The Morgan fingerprint density at radius 2 is 2.00 bits per heavy atom. The standard InChI is InChI=1S/C13H12FNO2/c1-17-12-5-3-2-4-9(12)13(16)10-8-15-7-6-11(10)14/h2-8,13,16H,1H3. The number of hydrogen-bond acceptors (Lipinski definition) is 3. The number of para-hydroxylation sites is 1. The molecule has 0 bridgehead atoms. The first-order chi connectivity index (χ1) is 8.24. The first-order valence-corrected chi connectivity index (χ1v) is 5.14. The third-order valence-corrected chi connectivity index (χ3v) is 2.52. The number of methoxy groups -OCH3 is 1. The fourth-order valence-electron chi connectivity index (χ4n) is 1.65. The molecule has 0 amide bonds. The van der Waals surface area contributed by atoms with Crippen molar-refractivity contribution < 1.29 is 14.2 Å². The van der Waals surface area contributed by atoms with E-state index in [1.165, 1.54) is 25.6 Å². The van der Waals surface area contributed by atoms with Crippen molar-refractivity contribution in [2.75, 3.05) is 7.11 Å². The van der Waals surface area contributed by atoms with E-state index in [2.05, 4.69) is 4.98 Å². The normalized spacial score (nSPS) is 12.2. The summed E-state index contributed by atoms with van der Waals surface area (Å²) in [5.74, 6) is 0.0293. The molecule has 3 nitrogen and oxygen atoms in total. The van der Waals surface area contributed by atoms with Crippen LogP contribution in [-0.4, -0.2) is 17.2 Å². The van der Waals surface area contributed by atoms with Crippen LogP contribution in [0, 0.1) is 5.82 Å². The minimum absolute atomic E-state index is 0.136. The van der Waals surface area contributed by atoms with Crippen LogP contribution in [0.15, 0.2) is 42.7 Å². The minimum atomic E-state index is -1.08. The van der Waals surface area contributed by atoms with Crippen molar-refractivity contribution in [3.63, 3.8) is 0 Å². The lowest BCUT2D eigenvalue weighted by molar-refractivity contribution is 0.209. The molecule has 1 aromatic heterocycles. The summed E-state index contributed by atoms with van der Waals surface area (Å²) in [6, 6.07) is 8.17. The maximum Gasteiger partial charge on any atom is 0.132 e. The topological polar surface area (TPSA) is 42.4 Å². The summed E-state index contributed by atoms with van der Waals surface area (Å²) in [6.07, 6.45) is 1.57. The van der Waals surface area contributed by atoms with E-state index < -0.39 is 11.9 Å². The van der Waals surface area contributed by atoms with E-state index in [0.29, 0.717) is 11.3 Å². The molecule has 0 radical (unpaired) electrons. The van der Waals surface area contributed by atoms with Crippen LogP contribution < -0.4 is 4.74 Å². The third-order valence-electron chi connectivity index (χ3n) is 2.52. The molecule has 0 aliphatic carbocycles. The van der Waals surface area contributed by atoms with Crippen molar-refractivity contribution in [3.05, 3.63) is 59.7 Å². The van der Waals surface area contributed by atoms with Crippen LogP contribution in [0.5, 0.6) is 5.75 Å². The Kier molecular flexibility index (Phi) is 3.35. The summed E-state index contributed by atoms with van der Waals surface area (Å²) < 4.78 is 18.6. The first kappa shape index (κ1) is 11.5. The lowest BCUT2D eigenvalue weighted by atomic mass is 10.0. The zero-order chi connectivity index (χ0) is 12.3. The zero-order valence-corrected chi connectivity index (χ0v) is 9.30. The van der Waals surface area contributed by atoms with Gasteiger partial charge in [-0.05, 0) is 12.1 Å². The van der Waals surface area contributed by atoms with E-state index in [9.17, 15) is 9.50 Å². The molecule has 2 rings (SSSR count). The Bertz CT molecular complexity index is 516. The van der Waals surface area contributed by atoms with Gasteiger partial charge in [0, 0.05) is 23.5 Å². The summed E-state index contributed by atoms with van der Waals surface area (Å²) in [5.41, 5.74) is 0.652. The molecule has 4 heteroatoms. The number of aliphatic hydroxyl groups excluding tert-OH is 1. The van der Waals surface area contributed by atoms with Crippen molar-refractivity contribution in [3.8, 4) is 5.75 Å². The molecule has 2 aromatic rings. The molecule has 0 fully saturated rings. The number of aliphatic hydroxyl groups is 1. The summed E-state index contributed by atoms with van der Waals surface area (Å²) in [4.78, 5) is 3.81. The van der Waals surface area contributed by atoms with Gasteiger partial charge in [0.05, 0.1) is 7.11 Å². The maximum absolute atomic E-state index is 13.5. The van der Waals surface area contributed by atoms with Crippen LogP contribution in [0.4, 0.5) is 4.39 Å². The summed E-state index contributed by atoms with van der Waals surface area (Å²) in [6.45, 7) is 0. The van der Waals surface area contributed by atoms with Gasteiger partial charge in [-0.2, -0.15) is 0 Å². The van der Waals surface area contributed by atoms with Crippen LogP contribution in [0.2, 0.25) is 0 Å². The fourth-order valence-corrected chi connectivity index (χ4v) is 1.65. The van der Waals surface area contributed by atoms with Gasteiger partial charge in [-0.1, -0.05) is 18.2 Å². The summed E-state index contributed by atoms with van der Waals surface area (Å²) in [7, 11) is 1.51. The lowest BCUT2D eigenvalue weighted by Gasteiger charge is -2.15. The minimum Gasteiger partial charge on any atom is -0.496 e. The quantitative estimate of drug-likeness (QED) is 0.884. The SMILES string of the molecule is COc1ccccc1C(O)c1cnccc1F. The van der Waals surface area contributed by atoms with E-state index in [-0.39, 0.29) is 5.56 Å². The second-order valence-corrected chi connectivity index (χ2v) is 3.54. The Hall–Kier alpha value is -1.94. The highest BCUT2D eigenvalue weighted by molar-refractivity contribution is 5.39. The predicted octanol–water partition coefficient (Wildman–Crippen LogP) is 2.31. The Morgan fingerprint density at radius 1 is 1.24 bits per heavy atom. The van der Waals surface area contributed by atoms with Crippen molar-refractivity contribution in [1.29, 1.82) is 0 Å². The molecule has 1 aromatic carbocycles. The zero-order valence-electron chi connectivity index (χ0n) is 9.30. The second kappa shape index (κ2) is 4.93. The van der Waals surface area contributed by atoms with Gasteiger partial charge >= 0.3 is 0 Å². The van der Waals surface area contributed by atoms with E-state index in [4.69, 9.17) is 4.74 Å². The average molecular weight is 233 g/mol. The highest BCUT2D eigenvalue weighted by Crippen LogP contribution is 2.30. The first-order valence-electron chi connectivity index (χ1n) is 5.14. The lowest BCUT2D eigenvalue weighted by Crippen LogP contribution is -2.05. The van der Waals surface area contributed by atoms with Crippen LogP contribution >= 0.6 is 0 Å². The van der Waals surface area contributed by atoms with Gasteiger partial charge in [-0.15, -0.1) is 0 Å². The molecular formula is C13H12FNO2. The predicted molar refractivity (Wildman–Crippen MR) is 61.3 cm³/mol. The molecule has 0 aliphatic heterocycles. The van der Waals surface area contributed by atoms with Gasteiger partial charge in [0.25, 0.3) is 0 Å². The van der Waals surface area contributed by atoms with Crippen LogP contribution in [0.3, 0.4) is 0 Å². The molecule has 0 aliphatic rings. The van der Waals surface area contributed by atoms with Crippen molar-refractivity contribution in [2.45, 2.75) is 6.10 Å². The Balaban J connectivity index is 2.44. The van der Waals surface area contributed by atoms with Gasteiger partial charge in [0.15, 0.2) is 0 Å². The molecule has 17 heavy (non-hydrogen) atoms. The molecule has 1 atom stereocenters. The molecule has 0 saturated heterocycles. The number of nitrogens with zero attached hydrogens (tertiary/aromatic N) is 1. The van der Waals surface area contributed by atoms with Gasteiger partial charge in [-0.3, -0.25) is 4.98 Å². The smallest absolute Gasteiger partial charge is 0.132 e. The Labute approximate surface area is 98.5 Å². The molecule has 0 saturated carbocycles. The monoisotopic (exact) mass is 233 g/mol. The van der Waals surface area contributed by atoms with Crippen molar-refractivity contribution >= 4 is 0 Å². The van der Waals surface area contributed by atoms with E-state index >= 15 is 0 Å². The average Bonchev–Trinajstić information content (AvgIpc) is 2.38. The highest BCUT2D eigenvalue weighted by atomic mass is 19.1. The highest BCUT2D eigenvalue weighted by Gasteiger charge is 2.18. The van der Waals surface area contributed by atoms with Crippen LogP contribution in [-0.2, 0) is 0 Å². The van der Waals surface area contributed by atoms with Crippen LogP contribution in [0.25, 0.3) is 0 Å². The molecule has 1 N–H and O–H groups in total. The molecule has 1 unspecified atom stereocenters. The number of hydrogen-bond donors (Lipinski definition) is 1. The van der Waals surface area contributed by atoms with E-state index in [0.717, 1.165) is 0 Å². The third kappa shape index (κ3) is 2.26. The number of pyridine rings is 1. The Morgan fingerprint density at radius 3 is 2.71 bits per heavy atom. The molecular weight excluding hydrogens is 221 g/mol. The number of aromatic nitrogens is 1. The molecule has 1 heterocycles. The number of rotatable bonds is 3. The van der Waals surface area contributed by atoms with Gasteiger partial charge in [-0.25, -0.2) is 4.39 Å².